The highest BCUT2D eigenvalue weighted by Gasteiger charge is 2.08. The molecule has 0 saturated heterocycles. The summed E-state index contributed by atoms with van der Waals surface area (Å²) >= 11 is 0. The lowest BCUT2D eigenvalue weighted by molar-refractivity contribution is 0.0690. The molecule has 0 aliphatic rings. The summed E-state index contributed by atoms with van der Waals surface area (Å²) in [5.41, 5.74) is 0.680. The molecule has 1 aromatic heterocycles. The number of carbonyl (C=O) groups is 1. The van der Waals surface area contributed by atoms with Crippen LogP contribution in [-0.4, -0.2) is 16.1 Å². The molecule has 0 aliphatic carbocycles. The van der Waals surface area contributed by atoms with Crippen LogP contribution < -0.4 is 5.32 Å². The van der Waals surface area contributed by atoms with Gasteiger partial charge in [-0.05, 0) is 24.3 Å². The molecule has 100 valence electrons. The molecule has 0 amide bonds. The number of aromatic nitrogens is 1. The molecule has 2 aromatic rings. The van der Waals surface area contributed by atoms with Gasteiger partial charge in [-0.1, -0.05) is 12.1 Å². The van der Waals surface area contributed by atoms with Crippen molar-refractivity contribution in [2.24, 2.45) is 0 Å². The minimum Gasteiger partial charge on any atom is -0.477 e. The molecule has 0 spiro atoms. The molecule has 5 nitrogen and oxygen atoms in total. The van der Waals surface area contributed by atoms with E-state index in [-0.39, 0.29) is 17.8 Å². The number of benzene rings is 1. The quantitative estimate of drug-likeness (QED) is 0.891. The molecule has 0 fully saturated rings. The Morgan fingerprint density at radius 1 is 1.35 bits per heavy atom. The summed E-state index contributed by atoms with van der Waals surface area (Å²) in [6.45, 7) is 0.194. The zero-order valence-corrected chi connectivity index (χ0v) is 10.3. The SMILES string of the molecule is N#Cc1c(F)cccc1NCc1cccc(C(=O)O)n1. The molecule has 0 unspecified atom stereocenters. The molecule has 2 rings (SSSR count). The van der Waals surface area contributed by atoms with Crippen molar-refractivity contribution in [2.45, 2.75) is 6.54 Å². The minimum absolute atomic E-state index is 0.0657. The van der Waals surface area contributed by atoms with Crippen LogP contribution in [0.15, 0.2) is 36.4 Å². The van der Waals surface area contributed by atoms with E-state index in [1.165, 1.54) is 18.2 Å². The van der Waals surface area contributed by atoms with Gasteiger partial charge in [0.2, 0.25) is 0 Å². The summed E-state index contributed by atoms with van der Waals surface area (Å²) in [4.78, 5) is 14.7. The van der Waals surface area contributed by atoms with Gasteiger partial charge >= 0.3 is 5.97 Å². The van der Waals surface area contributed by atoms with Crippen molar-refractivity contribution in [3.8, 4) is 6.07 Å². The van der Waals surface area contributed by atoms with Crippen molar-refractivity contribution in [1.29, 1.82) is 5.26 Å². The zero-order valence-electron chi connectivity index (χ0n) is 10.3. The third-order valence-electron chi connectivity index (χ3n) is 2.61. The second-order valence-electron chi connectivity index (χ2n) is 3.95. The molecule has 20 heavy (non-hydrogen) atoms. The van der Waals surface area contributed by atoms with Crippen LogP contribution in [0.1, 0.15) is 21.7 Å². The third kappa shape index (κ3) is 2.90. The molecule has 2 N–H and O–H groups in total. The Morgan fingerprint density at radius 3 is 2.80 bits per heavy atom. The first-order valence-corrected chi connectivity index (χ1v) is 5.73. The van der Waals surface area contributed by atoms with Crippen LogP contribution in [0.5, 0.6) is 0 Å². The van der Waals surface area contributed by atoms with Crippen molar-refractivity contribution < 1.29 is 14.3 Å². The number of rotatable bonds is 4. The van der Waals surface area contributed by atoms with Gasteiger partial charge in [0.05, 0.1) is 17.9 Å². The number of nitrogens with one attached hydrogen (secondary N) is 1. The number of aromatic carboxylic acids is 1. The zero-order chi connectivity index (χ0) is 14.5. The summed E-state index contributed by atoms with van der Waals surface area (Å²) in [6, 6.07) is 10.6. The Labute approximate surface area is 114 Å². The Bertz CT molecular complexity index is 695. The fourth-order valence-electron chi connectivity index (χ4n) is 1.67. The largest absolute Gasteiger partial charge is 0.477 e. The molecule has 0 atom stereocenters. The standard InChI is InChI=1S/C14H10FN3O2/c15-11-4-2-5-12(10(11)7-16)17-8-9-3-1-6-13(18-9)14(19)20/h1-6,17H,8H2,(H,19,20). The second kappa shape index (κ2) is 5.80. The topological polar surface area (TPSA) is 86.0 Å². The van der Waals surface area contributed by atoms with E-state index in [0.717, 1.165) is 0 Å². The number of hydrogen-bond acceptors (Lipinski definition) is 4. The summed E-state index contributed by atoms with van der Waals surface area (Å²) in [7, 11) is 0. The summed E-state index contributed by atoms with van der Waals surface area (Å²) < 4.78 is 13.4. The molecular weight excluding hydrogens is 261 g/mol. The lowest BCUT2D eigenvalue weighted by Gasteiger charge is -2.08. The number of pyridine rings is 1. The summed E-state index contributed by atoms with van der Waals surface area (Å²) in [5.74, 6) is -1.72. The summed E-state index contributed by atoms with van der Waals surface area (Å²) in [6.07, 6.45) is 0. The van der Waals surface area contributed by atoms with Crippen LogP contribution in [0.4, 0.5) is 10.1 Å². The number of carboxylic acid groups (broad SMARTS) is 1. The molecule has 0 radical (unpaired) electrons. The highest BCUT2D eigenvalue weighted by molar-refractivity contribution is 5.85. The van der Waals surface area contributed by atoms with Crippen molar-refractivity contribution in [1.82, 2.24) is 4.98 Å². The van der Waals surface area contributed by atoms with Gasteiger partial charge in [0.25, 0.3) is 0 Å². The Balaban J connectivity index is 2.17. The Kier molecular flexibility index (Phi) is 3.91. The van der Waals surface area contributed by atoms with Crippen molar-refractivity contribution >= 4 is 11.7 Å². The molecular formula is C14H10FN3O2. The molecule has 0 aliphatic heterocycles. The second-order valence-corrected chi connectivity index (χ2v) is 3.95. The van der Waals surface area contributed by atoms with Crippen LogP contribution in [0.25, 0.3) is 0 Å². The Morgan fingerprint density at radius 2 is 2.10 bits per heavy atom. The maximum Gasteiger partial charge on any atom is 0.354 e. The molecule has 0 bridgehead atoms. The lowest BCUT2D eigenvalue weighted by atomic mass is 10.2. The van der Waals surface area contributed by atoms with E-state index in [0.29, 0.717) is 11.4 Å². The van der Waals surface area contributed by atoms with Gasteiger partial charge < -0.3 is 10.4 Å². The van der Waals surface area contributed by atoms with E-state index in [9.17, 15) is 9.18 Å². The monoisotopic (exact) mass is 271 g/mol. The van der Waals surface area contributed by atoms with E-state index < -0.39 is 11.8 Å². The first-order valence-electron chi connectivity index (χ1n) is 5.73. The van der Waals surface area contributed by atoms with E-state index in [1.807, 2.05) is 0 Å². The maximum absolute atomic E-state index is 13.4. The third-order valence-corrected chi connectivity index (χ3v) is 2.61. The first kappa shape index (κ1) is 13.5. The van der Waals surface area contributed by atoms with Crippen LogP contribution >= 0.6 is 0 Å². The van der Waals surface area contributed by atoms with Crippen LogP contribution in [0.3, 0.4) is 0 Å². The van der Waals surface area contributed by atoms with Gasteiger partial charge in [0.1, 0.15) is 23.1 Å². The first-order chi connectivity index (χ1) is 9.61. The number of nitrogens with zero attached hydrogens (tertiary/aromatic N) is 2. The maximum atomic E-state index is 13.4. The van der Waals surface area contributed by atoms with Crippen molar-refractivity contribution in [3.63, 3.8) is 0 Å². The highest BCUT2D eigenvalue weighted by atomic mass is 19.1. The van der Waals surface area contributed by atoms with E-state index >= 15 is 0 Å². The highest BCUT2D eigenvalue weighted by Crippen LogP contribution is 2.18. The predicted molar refractivity (Wildman–Crippen MR) is 69.6 cm³/mol. The van der Waals surface area contributed by atoms with Crippen LogP contribution in [-0.2, 0) is 6.54 Å². The lowest BCUT2D eigenvalue weighted by Crippen LogP contribution is -2.07. The van der Waals surface area contributed by atoms with Gasteiger partial charge in [0.15, 0.2) is 0 Å². The van der Waals surface area contributed by atoms with Crippen molar-refractivity contribution in [3.05, 3.63) is 59.2 Å². The van der Waals surface area contributed by atoms with Gasteiger partial charge in [-0.15, -0.1) is 0 Å². The average Bonchev–Trinajstić information content (AvgIpc) is 2.45. The smallest absolute Gasteiger partial charge is 0.354 e. The number of nitriles is 1. The minimum atomic E-state index is -1.12. The van der Waals surface area contributed by atoms with Gasteiger partial charge in [-0.3, -0.25) is 0 Å². The van der Waals surface area contributed by atoms with E-state index in [4.69, 9.17) is 10.4 Å². The number of halogens is 1. The van der Waals surface area contributed by atoms with Crippen molar-refractivity contribution in [2.75, 3.05) is 5.32 Å². The summed E-state index contributed by atoms with van der Waals surface area (Å²) in [5, 5.41) is 20.6. The number of hydrogen-bond donors (Lipinski definition) is 2. The average molecular weight is 271 g/mol. The van der Waals surface area contributed by atoms with Gasteiger partial charge in [-0.2, -0.15) is 5.26 Å². The molecule has 1 heterocycles. The molecule has 6 heteroatoms. The van der Waals surface area contributed by atoms with Gasteiger partial charge in [-0.25, -0.2) is 14.2 Å². The molecule has 0 saturated carbocycles. The predicted octanol–water partition coefficient (Wildman–Crippen LogP) is 2.40. The van der Waals surface area contributed by atoms with E-state index in [2.05, 4.69) is 10.3 Å². The Hall–Kier alpha value is -2.94. The van der Waals surface area contributed by atoms with Gasteiger partial charge in [0, 0.05) is 0 Å². The van der Waals surface area contributed by atoms with E-state index in [1.54, 1.807) is 24.3 Å². The normalized spacial score (nSPS) is 9.80. The van der Waals surface area contributed by atoms with Crippen LogP contribution in [0, 0.1) is 17.1 Å². The fourth-order valence-corrected chi connectivity index (χ4v) is 1.67. The number of anilines is 1. The fraction of sp³-hybridized carbons (Fsp3) is 0.0714. The molecule has 1 aromatic carbocycles. The van der Waals surface area contributed by atoms with Crippen LogP contribution in [0.2, 0.25) is 0 Å². The number of carboxylic acids is 1.